The molecule has 2 aromatic rings. The van der Waals surface area contributed by atoms with Gasteiger partial charge >= 0.3 is 0 Å². The lowest BCUT2D eigenvalue weighted by Gasteiger charge is -2.22. The maximum atomic E-state index is 13.6. The molecule has 25 heavy (non-hydrogen) atoms. The van der Waals surface area contributed by atoms with Gasteiger partial charge < -0.3 is 14.6 Å². The molecular weight excluding hydrogens is 323 g/mol. The van der Waals surface area contributed by atoms with Crippen molar-refractivity contribution in [2.45, 2.75) is 31.8 Å². The number of pyridine rings is 1. The molecule has 5 nitrogen and oxygen atoms in total. The number of methoxy groups -OCH3 is 1. The van der Waals surface area contributed by atoms with Crippen molar-refractivity contribution >= 4 is 0 Å². The third-order valence-electron chi connectivity index (χ3n) is 4.42. The van der Waals surface area contributed by atoms with Crippen LogP contribution in [0.4, 0.5) is 4.39 Å². The fraction of sp³-hybridized carbons (Fsp3) is 0.421. The van der Waals surface area contributed by atoms with Crippen LogP contribution in [0.5, 0.6) is 11.5 Å². The van der Waals surface area contributed by atoms with E-state index in [2.05, 4.69) is 4.98 Å². The average Bonchev–Trinajstić information content (AvgIpc) is 3.00. The average molecular weight is 346 g/mol. The number of benzene rings is 1. The summed E-state index contributed by atoms with van der Waals surface area (Å²) in [6, 6.07) is 9.38. The van der Waals surface area contributed by atoms with Crippen LogP contribution in [0, 0.1) is 0 Å². The molecule has 0 unspecified atom stereocenters. The number of alkyl halides is 1. The van der Waals surface area contributed by atoms with E-state index in [0.29, 0.717) is 37.6 Å². The Labute approximate surface area is 147 Å². The second-order valence-corrected chi connectivity index (χ2v) is 6.23. The molecule has 1 fully saturated rings. The maximum Gasteiger partial charge on any atom is 0.161 e. The summed E-state index contributed by atoms with van der Waals surface area (Å²) < 4.78 is 24.9. The lowest BCUT2D eigenvalue weighted by atomic mass is 10.1. The van der Waals surface area contributed by atoms with Crippen LogP contribution < -0.4 is 9.47 Å². The van der Waals surface area contributed by atoms with Gasteiger partial charge in [0, 0.05) is 37.1 Å². The van der Waals surface area contributed by atoms with Gasteiger partial charge in [0.15, 0.2) is 11.5 Å². The van der Waals surface area contributed by atoms with Crippen molar-refractivity contribution in [2.75, 3.05) is 20.3 Å². The summed E-state index contributed by atoms with van der Waals surface area (Å²) in [4.78, 5) is 6.04. The van der Waals surface area contributed by atoms with E-state index in [0.717, 1.165) is 11.1 Å². The van der Waals surface area contributed by atoms with Gasteiger partial charge in [-0.3, -0.25) is 9.88 Å². The Morgan fingerprint density at radius 2 is 2.16 bits per heavy atom. The summed E-state index contributed by atoms with van der Waals surface area (Å²) in [5.74, 6) is 1.29. The SMILES string of the molecule is COc1ccc(CN2C[C@@H](F)C[C@H]2CO)cc1OCc1cccnc1. The number of hydrogen-bond acceptors (Lipinski definition) is 5. The van der Waals surface area contributed by atoms with E-state index in [-0.39, 0.29) is 12.6 Å². The molecule has 134 valence electrons. The predicted octanol–water partition coefficient (Wildman–Crippen LogP) is 2.57. The first-order valence-electron chi connectivity index (χ1n) is 8.37. The summed E-state index contributed by atoms with van der Waals surface area (Å²) in [6.07, 6.45) is 2.98. The molecule has 0 amide bonds. The minimum absolute atomic E-state index is 0.0268. The number of ether oxygens (including phenoxy) is 2. The Hall–Kier alpha value is -2.18. The Morgan fingerprint density at radius 3 is 2.88 bits per heavy atom. The van der Waals surface area contributed by atoms with Gasteiger partial charge in [-0.2, -0.15) is 0 Å². The number of hydrogen-bond donors (Lipinski definition) is 1. The third-order valence-corrected chi connectivity index (χ3v) is 4.42. The summed E-state index contributed by atoms with van der Waals surface area (Å²) in [5.41, 5.74) is 1.96. The first-order valence-corrected chi connectivity index (χ1v) is 8.37. The molecule has 6 heteroatoms. The zero-order valence-electron chi connectivity index (χ0n) is 14.3. The van der Waals surface area contributed by atoms with E-state index in [1.807, 2.05) is 35.2 Å². The molecule has 0 spiro atoms. The number of aliphatic hydroxyl groups is 1. The summed E-state index contributed by atoms with van der Waals surface area (Å²) >= 11 is 0. The molecule has 1 aliphatic heterocycles. The molecule has 0 bridgehead atoms. The number of halogens is 1. The van der Waals surface area contributed by atoms with Crippen LogP contribution >= 0.6 is 0 Å². The molecule has 0 saturated carbocycles. The lowest BCUT2D eigenvalue weighted by molar-refractivity contribution is 0.153. The first kappa shape index (κ1) is 17.6. The molecule has 3 rings (SSSR count). The quantitative estimate of drug-likeness (QED) is 0.835. The van der Waals surface area contributed by atoms with Crippen molar-refractivity contribution in [1.29, 1.82) is 0 Å². The molecular formula is C19H23FN2O3. The maximum absolute atomic E-state index is 13.6. The first-order chi connectivity index (χ1) is 12.2. The number of aromatic nitrogens is 1. The highest BCUT2D eigenvalue weighted by molar-refractivity contribution is 5.43. The highest BCUT2D eigenvalue weighted by Gasteiger charge is 2.31. The lowest BCUT2D eigenvalue weighted by Crippen LogP contribution is -2.31. The Morgan fingerprint density at radius 1 is 1.28 bits per heavy atom. The Bertz CT molecular complexity index is 684. The van der Waals surface area contributed by atoms with Gasteiger partial charge in [-0.1, -0.05) is 12.1 Å². The summed E-state index contributed by atoms with van der Waals surface area (Å²) in [7, 11) is 1.60. The molecule has 2 heterocycles. The van der Waals surface area contributed by atoms with Gasteiger partial charge in [-0.05, 0) is 30.2 Å². The second-order valence-electron chi connectivity index (χ2n) is 6.23. The van der Waals surface area contributed by atoms with Crippen molar-refractivity contribution < 1.29 is 19.0 Å². The second kappa shape index (κ2) is 8.27. The van der Waals surface area contributed by atoms with E-state index >= 15 is 0 Å². The van der Waals surface area contributed by atoms with Crippen LogP contribution in [0.2, 0.25) is 0 Å². The highest BCUT2D eigenvalue weighted by atomic mass is 19.1. The summed E-state index contributed by atoms with van der Waals surface area (Å²) in [5, 5.41) is 9.42. The van der Waals surface area contributed by atoms with Crippen LogP contribution in [0.25, 0.3) is 0 Å². The van der Waals surface area contributed by atoms with Crippen molar-refractivity contribution in [2.24, 2.45) is 0 Å². The van der Waals surface area contributed by atoms with Crippen LogP contribution in [0.15, 0.2) is 42.7 Å². The van der Waals surface area contributed by atoms with Crippen molar-refractivity contribution in [3.63, 3.8) is 0 Å². The minimum Gasteiger partial charge on any atom is -0.493 e. The zero-order valence-corrected chi connectivity index (χ0v) is 14.3. The Balaban J connectivity index is 1.71. The van der Waals surface area contributed by atoms with Crippen molar-refractivity contribution in [3.05, 3.63) is 53.9 Å². The fourth-order valence-electron chi connectivity index (χ4n) is 3.12. The molecule has 1 saturated heterocycles. The van der Waals surface area contributed by atoms with Gasteiger partial charge in [0.2, 0.25) is 0 Å². The van der Waals surface area contributed by atoms with Gasteiger partial charge in [-0.25, -0.2) is 4.39 Å². The Kier molecular flexibility index (Phi) is 5.83. The molecule has 0 aliphatic carbocycles. The topological polar surface area (TPSA) is 54.8 Å². The molecule has 1 N–H and O–H groups in total. The van der Waals surface area contributed by atoms with E-state index in [9.17, 15) is 9.50 Å². The van der Waals surface area contributed by atoms with Crippen LogP contribution in [-0.4, -0.2) is 47.5 Å². The number of nitrogens with zero attached hydrogens (tertiary/aromatic N) is 2. The van der Waals surface area contributed by atoms with E-state index in [4.69, 9.17) is 9.47 Å². The normalized spacial score (nSPS) is 20.6. The fourth-order valence-corrected chi connectivity index (χ4v) is 3.12. The smallest absolute Gasteiger partial charge is 0.161 e. The third kappa shape index (κ3) is 4.46. The molecule has 2 atom stereocenters. The van der Waals surface area contributed by atoms with Gasteiger partial charge in [0.05, 0.1) is 13.7 Å². The standard InChI is InChI=1S/C19H23FN2O3/c1-24-18-5-4-14(10-22-11-16(20)8-17(22)12-23)7-19(18)25-13-15-3-2-6-21-9-15/h2-7,9,16-17,23H,8,10-13H2,1H3/t16-,17-/m0/s1. The molecule has 1 aromatic carbocycles. The van der Waals surface area contributed by atoms with Gasteiger partial charge in [0.1, 0.15) is 12.8 Å². The molecule has 1 aromatic heterocycles. The van der Waals surface area contributed by atoms with E-state index in [1.165, 1.54) is 0 Å². The van der Waals surface area contributed by atoms with Crippen LogP contribution in [0.3, 0.4) is 0 Å². The van der Waals surface area contributed by atoms with E-state index < -0.39 is 6.17 Å². The largest absolute Gasteiger partial charge is 0.493 e. The molecule has 0 radical (unpaired) electrons. The number of likely N-dealkylation sites (tertiary alicyclic amines) is 1. The number of rotatable bonds is 7. The zero-order chi connectivity index (χ0) is 17.6. The highest BCUT2D eigenvalue weighted by Crippen LogP contribution is 2.30. The van der Waals surface area contributed by atoms with Gasteiger partial charge in [-0.15, -0.1) is 0 Å². The van der Waals surface area contributed by atoms with Gasteiger partial charge in [0.25, 0.3) is 0 Å². The summed E-state index contributed by atoms with van der Waals surface area (Å²) in [6.45, 7) is 1.28. The van der Waals surface area contributed by atoms with Crippen molar-refractivity contribution in [1.82, 2.24) is 9.88 Å². The van der Waals surface area contributed by atoms with E-state index in [1.54, 1.807) is 19.5 Å². The van der Waals surface area contributed by atoms with Crippen LogP contribution in [0.1, 0.15) is 17.5 Å². The minimum atomic E-state index is -0.878. The van der Waals surface area contributed by atoms with Crippen molar-refractivity contribution in [3.8, 4) is 11.5 Å². The number of aliphatic hydroxyl groups excluding tert-OH is 1. The van der Waals surface area contributed by atoms with Crippen LogP contribution in [-0.2, 0) is 13.2 Å². The molecule has 1 aliphatic rings. The monoisotopic (exact) mass is 346 g/mol. The predicted molar refractivity (Wildman–Crippen MR) is 92.4 cm³/mol.